The molecule has 3 heterocycles. The van der Waals surface area contributed by atoms with Crippen molar-refractivity contribution < 1.29 is 4.79 Å². The number of aryl methyl sites for hydroxylation is 2. The Morgan fingerprint density at radius 2 is 2.17 bits per heavy atom. The molecule has 24 heavy (non-hydrogen) atoms. The van der Waals surface area contributed by atoms with Crippen LogP contribution in [0, 0.1) is 6.92 Å². The van der Waals surface area contributed by atoms with Crippen LogP contribution in [0.4, 0.5) is 0 Å². The van der Waals surface area contributed by atoms with Crippen LogP contribution in [-0.4, -0.2) is 57.1 Å². The van der Waals surface area contributed by atoms with Gasteiger partial charge in [0.1, 0.15) is 10.0 Å². The Morgan fingerprint density at radius 1 is 1.25 bits per heavy atom. The predicted molar refractivity (Wildman–Crippen MR) is 93.7 cm³/mol. The molecule has 0 aliphatic carbocycles. The topological polar surface area (TPSA) is 62.2 Å². The number of amides is 1. The average molecular weight is 345 g/mol. The fourth-order valence-electron chi connectivity index (χ4n) is 2.93. The molecule has 1 amide bonds. The smallest absolute Gasteiger partial charge is 0.222 e. The minimum absolute atomic E-state index is 0.243. The SMILES string of the molecule is Cc1nnc(CN2CCCN(C(=O)CCc3cccnc3)CC2)s1. The summed E-state index contributed by atoms with van der Waals surface area (Å²) in [5.41, 5.74) is 1.12. The van der Waals surface area contributed by atoms with Gasteiger partial charge in [-0.3, -0.25) is 14.7 Å². The second kappa shape index (κ2) is 8.30. The first kappa shape index (κ1) is 17.0. The van der Waals surface area contributed by atoms with Gasteiger partial charge in [0.2, 0.25) is 5.91 Å². The zero-order chi connectivity index (χ0) is 16.8. The summed E-state index contributed by atoms with van der Waals surface area (Å²) >= 11 is 1.65. The highest BCUT2D eigenvalue weighted by Gasteiger charge is 2.19. The summed E-state index contributed by atoms with van der Waals surface area (Å²) in [7, 11) is 0. The third-order valence-electron chi connectivity index (χ3n) is 4.22. The summed E-state index contributed by atoms with van der Waals surface area (Å²) < 4.78 is 0. The number of nitrogens with zero attached hydrogens (tertiary/aromatic N) is 5. The largest absolute Gasteiger partial charge is 0.341 e. The van der Waals surface area contributed by atoms with Gasteiger partial charge in [-0.25, -0.2) is 0 Å². The maximum absolute atomic E-state index is 12.5. The Morgan fingerprint density at radius 3 is 2.92 bits per heavy atom. The zero-order valence-electron chi connectivity index (χ0n) is 14.0. The van der Waals surface area contributed by atoms with E-state index >= 15 is 0 Å². The standard InChI is InChI=1S/C17H23N5OS/c1-14-19-20-16(24-14)13-21-8-3-9-22(11-10-21)17(23)6-5-15-4-2-7-18-12-15/h2,4,7,12H,3,5-6,8-11,13H2,1H3. The molecular formula is C17H23N5OS. The van der Waals surface area contributed by atoms with Crippen LogP contribution in [-0.2, 0) is 17.8 Å². The molecule has 0 bridgehead atoms. The van der Waals surface area contributed by atoms with E-state index in [1.807, 2.05) is 30.2 Å². The molecule has 3 rings (SSSR count). The number of carbonyl (C=O) groups is 1. The van der Waals surface area contributed by atoms with Crippen LogP contribution < -0.4 is 0 Å². The third-order valence-corrected chi connectivity index (χ3v) is 5.04. The van der Waals surface area contributed by atoms with Crippen molar-refractivity contribution in [1.82, 2.24) is 25.0 Å². The van der Waals surface area contributed by atoms with Crippen molar-refractivity contribution in [3.63, 3.8) is 0 Å². The van der Waals surface area contributed by atoms with Gasteiger partial charge in [-0.05, 0) is 31.4 Å². The lowest BCUT2D eigenvalue weighted by Gasteiger charge is -2.21. The normalized spacial score (nSPS) is 16.1. The zero-order valence-corrected chi connectivity index (χ0v) is 14.8. The number of aromatic nitrogens is 3. The van der Waals surface area contributed by atoms with Crippen LogP contribution >= 0.6 is 11.3 Å². The molecule has 1 fully saturated rings. The Hall–Kier alpha value is -1.86. The van der Waals surface area contributed by atoms with E-state index in [-0.39, 0.29) is 5.91 Å². The van der Waals surface area contributed by atoms with Gasteiger partial charge in [0.25, 0.3) is 0 Å². The number of carbonyl (C=O) groups excluding carboxylic acids is 1. The van der Waals surface area contributed by atoms with Gasteiger partial charge in [-0.2, -0.15) is 0 Å². The molecule has 1 aliphatic heterocycles. The highest BCUT2D eigenvalue weighted by molar-refractivity contribution is 7.11. The number of hydrogen-bond acceptors (Lipinski definition) is 6. The molecule has 0 spiro atoms. The Kier molecular flexibility index (Phi) is 5.87. The van der Waals surface area contributed by atoms with E-state index < -0.39 is 0 Å². The van der Waals surface area contributed by atoms with Crippen molar-refractivity contribution in [3.8, 4) is 0 Å². The van der Waals surface area contributed by atoms with Crippen LogP contribution in [0.2, 0.25) is 0 Å². The molecule has 0 atom stereocenters. The van der Waals surface area contributed by atoms with Crippen molar-refractivity contribution in [2.24, 2.45) is 0 Å². The van der Waals surface area contributed by atoms with Gasteiger partial charge in [-0.1, -0.05) is 6.07 Å². The fourth-order valence-corrected chi connectivity index (χ4v) is 3.68. The van der Waals surface area contributed by atoms with Gasteiger partial charge in [-0.15, -0.1) is 21.5 Å². The van der Waals surface area contributed by atoms with Crippen LogP contribution in [0.15, 0.2) is 24.5 Å². The maximum atomic E-state index is 12.5. The fraction of sp³-hybridized carbons (Fsp3) is 0.529. The van der Waals surface area contributed by atoms with Crippen molar-refractivity contribution >= 4 is 17.2 Å². The first-order valence-corrected chi connectivity index (χ1v) is 9.20. The molecule has 128 valence electrons. The highest BCUT2D eigenvalue weighted by atomic mass is 32.1. The monoisotopic (exact) mass is 345 g/mol. The summed E-state index contributed by atoms with van der Waals surface area (Å²) in [6.45, 7) is 6.36. The summed E-state index contributed by atoms with van der Waals surface area (Å²) in [4.78, 5) is 20.9. The molecule has 1 aliphatic rings. The van der Waals surface area contributed by atoms with E-state index in [4.69, 9.17) is 0 Å². The quantitative estimate of drug-likeness (QED) is 0.828. The first-order valence-electron chi connectivity index (χ1n) is 8.39. The van der Waals surface area contributed by atoms with Crippen LogP contribution in [0.1, 0.15) is 28.4 Å². The van der Waals surface area contributed by atoms with Gasteiger partial charge in [0, 0.05) is 45.0 Å². The molecule has 7 heteroatoms. The van der Waals surface area contributed by atoms with E-state index in [0.29, 0.717) is 6.42 Å². The van der Waals surface area contributed by atoms with Crippen molar-refractivity contribution in [2.75, 3.05) is 26.2 Å². The number of hydrogen-bond donors (Lipinski definition) is 0. The molecule has 0 radical (unpaired) electrons. The summed E-state index contributed by atoms with van der Waals surface area (Å²) in [5.74, 6) is 0.243. The molecule has 0 saturated carbocycles. The van der Waals surface area contributed by atoms with Crippen LogP contribution in [0.25, 0.3) is 0 Å². The maximum Gasteiger partial charge on any atom is 0.222 e. The van der Waals surface area contributed by atoms with E-state index in [1.165, 1.54) is 0 Å². The van der Waals surface area contributed by atoms with Crippen molar-refractivity contribution in [1.29, 1.82) is 0 Å². The molecule has 2 aromatic rings. The number of pyridine rings is 1. The lowest BCUT2D eigenvalue weighted by atomic mass is 10.1. The lowest BCUT2D eigenvalue weighted by molar-refractivity contribution is -0.131. The van der Waals surface area contributed by atoms with Gasteiger partial charge >= 0.3 is 0 Å². The summed E-state index contributed by atoms with van der Waals surface area (Å²) in [6.07, 6.45) is 5.92. The molecular weight excluding hydrogens is 322 g/mol. The lowest BCUT2D eigenvalue weighted by Crippen LogP contribution is -2.35. The minimum Gasteiger partial charge on any atom is -0.341 e. The Labute approximate surface area is 146 Å². The molecule has 2 aromatic heterocycles. The predicted octanol–water partition coefficient (Wildman–Crippen LogP) is 1.91. The molecule has 0 unspecified atom stereocenters. The second-order valence-electron chi connectivity index (χ2n) is 6.09. The molecule has 1 saturated heterocycles. The third kappa shape index (κ3) is 4.82. The van der Waals surface area contributed by atoms with E-state index in [9.17, 15) is 4.79 Å². The van der Waals surface area contributed by atoms with Gasteiger partial charge < -0.3 is 4.90 Å². The molecule has 0 aromatic carbocycles. The summed E-state index contributed by atoms with van der Waals surface area (Å²) in [6, 6.07) is 3.94. The van der Waals surface area contributed by atoms with Gasteiger partial charge in [0.05, 0.1) is 6.54 Å². The van der Waals surface area contributed by atoms with E-state index in [0.717, 1.165) is 61.1 Å². The Balaban J connectivity index is 1.46. The average Bonchev–Trinajstić information content (AvgIpc) is 2.86. The number of rotatable bonds is 5. The van der Waals surface area contributed by atoms with Gasteiger partial charge in [0.15, 0.2) is 0 Å². The molecule has 0 N–H and O–H groups in total. The summed E-state index contributed by atoms with van der Waals surface area (Å²) in [5, 5.41) is 10.3. The highest BCUT2D eigenvalue weighted by Crippen LogP contribution is 2.13. The van der Waals surface area contributed by atoms with Crippen LogP contribution in [0.3, 0.4) is 0 Å². The first-order chi connectivity index (χ1) is 11.7. The van der Waals surface area contributed by atoms with E-state index in [2.05, 4.69) is 20.1 Å². The van der Waals surface area contributed by atoms with Crippen molar-refractivity contribution in [2.45, 2.75) is 32.7 Å². The molecule has 6 nitrogen and oxygen atoms in total. The van der Waals surface area contributed by atoms with Crippen LogP contribution in [0.5, 0.6) is 0 Å². The van der Waals surface area contributed by atoms with Crippen molar-refractivity contribution in [3.05, 3.63) is 40.1 Å². The Bertz CT molecular complexity index is 660. The van der Waals surface area contributed by atoms with E-state index in [1.54, 1.807) is 17.5 Å². The second-order valence-corrected chi connectivity index (χ2v) is 7.35. The minimum atomic E-state index is 0.243.